The Hall–Kier alpha value is -4.15. The second kappa shape index (κ2) is 10.6. The number of nitrogens with one attached hydrogen (secondary N) is 3. The summed E-state index contributed by atoms with van der Waals surface area (Å²) in [5, 5.41) is 22.7. The van der Waals surface area contributed by atoms with Crippen molar-refractivity contribution in [2.75, 3.05) is 23.8 Å². The van der Waals surface area contributed by atoms with Crippen LogP contribution < -0.4 is 10.7 Å². The lowest BCUT2D eigenvalue weighted by Crippen LogP contribution is -2.57. The van der Waals surface area contributed by atoms with Crippen LogP contribution in [0.5, 0.6) is 0 Å². The van der Waals surface area contributed by atoms with Crippen LogP contribution in [-0.2, 0) is 6.18 Å². The van der Waals surface area contributed by atoms with E-state index in [0.29, 0.717) is 12.4 Å². The zero-order valence-corrected chi connectivity index (χ0v) is 18.9. The van der Waals surface area contributed by atoms with E-state index < -0.39 is 48.5 Å². The van der Waals surface area contributed by atoms with Crippen molar-refractivity contribution in [3.8, 4) is 6.07 Å². The van der Waals surface area contributed by atoms with Gasteiger partial charge in [-0.05, 0) is 24.1 Å². The standard InChI is InChI=1S/C22H21F5N8O/c1-13-7-21(23,24)12-35(18(13)11-32-20-30-9-15(10-31-20)22(25,26)27)19(36)16-6-14(8-29)2-3-17(16)34-33-5-4-28/h2-6,9-10,13,18,28,34H,7,11-12H2,1H3,(H,30,31,32)/b28-4?,33-5-/t13-,18?/m1/s1. The van der Waals surface area contributed by atoms with E-state index in [1.165, 1.54) is 25.1 Å². The van der Waals surface area contributed by atoms with Crippen LogP contribution >= 0.6 is 0 Å². The smallest absolute Gasteiger partial charge is 0.352 e. The summed E-state index contributed by atoms with van der Waals surface area (Å²) in [5.74, 6) is -4.85. The normalized spacial score (nSPS) is 19.5. The second-order valence-electron chi connectivity index (χ2n) is 8.14. The summed E-state index contributed by atoms with van der Waals surface area (Å²) >= 11 is 0. The van der Waals surface area contributed by atoms with E-state index in [9.17, 15) is 32.0 Å². The molecule has 0 saturated carbocycles. The van der Waals surface area contributed by atoms with Gasteiger partial charge in [0.1, 0.15) is 0 Å². The maximum absolute atomic E-state index is 14.5. The van der Waals surface area contributed by atoms with E-state index in [1.807, 2.05) is 6.07 Å². The Balaban J connectivity index is 1.89. The summed E-state index contributed by atoms with van der Waals surface area (Å²) in [6.45, 7) is 0.518. The van der Waals surface area contributed by atoms with Gasteiger partial charge in [-0.15, -0.1) is 0 Å². The Labute approximate surface area is 202 Å². The lowest BCUT2D eigenvalue weighted by atomic mass is 9.87. The number of nitriles is 1. The molecule has 0 aliphatic carbocycles. The summed E-state index contributed by atoms with van der Waals surface area (Å²) < 4.78 is 67.2. The van der Waals surface area contributed by atoms with Gasteiger partial charge in [0, 0.05) is 31.6 Å². The number of hydrogen-bond acceptors (Lipinski definition) is 8. The van der Waals surface area contributed by atoms with Crippen LogP contribution in [-0.4, -0.2) is 58.3 Å². The number of carbonyl (C=O) groups is 1. The largest absolute Gasteiger partial charge is 0.419 e. The number of rotatable bonds is 7. The Morgan fingerprint density at radius 2 is 2.06 bits per heavy atom. The van der Waals surface area contributed by atoms with Crippen molar-refractivity contribution in [1.82, 2.24) is 14.9 Å². The quantitative estimate of drug-likeness (QED) is 0.294. The number of carbonyl (C=O) groups excluding carboxylic acids is 1. The van der Waals surface area contributed by atoms with Crippen LogP contribution in [0.1, 0.15) is 34.8 Å². The number of anilines is 2. The van der Waals surface area contributed by atoms with Gasteiger partial charge in [0.25, 0.3) is 11.8 Å². The fourth-order valence-corrected chi connectivity index (χ4v) is 3.83. The maximum atomic E-state index is 14.5. The Morgan fingerprint density at radius 1 is 1.36 bits per heavy atom. The molecule has 1 fully saturated rings. The summed E-state index contributed by atoms with van der Waals surface area (Å²) in [4.78, 5) is 21.7. The van der Waals surface area contributed by atoms with Crippen molar-refractivity contribution in [2.24, 2.45) is 11.0 Å². The predicted octanol–water partition coefficient (Wildman–Crippen LogP) is 4.01. The van der Waals surface area contributed by atoms with Crippen molar-refractivity contribution in [3.63, 3.8) is 0 Å². The van der Waals surface area contributed by atoms with E-state index in [0.717, 1.165) is 17.3 Å². The van der Waals surface area contributed by atoms with Gasteiger partial charge in [-0.1, -0.05) is 6.92 Å². The zero-order chi connectivity index (χ0) is 26.5. The molecular weight excluding hydrogens is 487 g/mol. The number of hydrogen-bond donors (Lipinski definition) is 3. The molecule has 36 heavy (non-hydrogen) atoms. The van der Waals surface area contributed by atoms with Gasteiger partial charge in [0.05, 0.1) is 47.2 Å². The fraction of sp³-hybridized carbons (Fsp3) is 0.364. The third-order valence-corrected chi connectivity index (χ3v) is 5.50. The molecule has 14 heteroatoms. The van der Waals surface area contributed by atoms with E-state index in [4.69, 9.17) is 5.41 Å². The molecule has 1 aromatic heterocycles. The second-order valence-corrected chi connectivity index (χ2v) is 8.14. The molecule has 2 atom stereocenters. The molecule has 0 radical (unpaired) electrons. The first-order valence-corrected chi connectivity index (χ1v) is 10.6. The van der Waals surface area contributed by atoms with Crippen molar-refractivity contribution >= 4 is 30.0 Å². The molecule has 1 aliphatic heterocycles. The van der Waals surface area contributed by atoms with Crippen LogP contribution in [0, 0.1) is 22.7 Å². The van der Waals surface area contributed by atoms with Gasteiger partial charge in [0.15, 0.2) is 0 Å². The van der Waals surface area contributed by atoms with Crippen LogP contribution in [0.15, 0.2) is 35.7 Å². The lowest BCUT2D eigenvalue weighted by Gasteiger charge is -2.43. The molecule has 0 bridgehead atoms. The highest BCUT2D eigenvalue weighted by molar-refractivity contribution is 6.14. The van der Waals surface area contributed by atoms with Gasteiger partial charge in [-0.25, -0.2) is 18.7 Å². The topological polar surface area (TPSA) is 130 Å². The highest BCUT2D eigenvalue weighted by atomic mass is 19.4. The third kappa shape index (κ3) is 6.29. The van der Waals surface area contributed by atoms with Crippen LogP contribution in [0.3, 0.4) is 0 Å². The minimum Gasteiger partial charge on any atom is -0.352 e. The first-order chi connectivity index (χ1) is 16.9. The van der Waals surface area contributed by atoms with E-state index in [2.05, 4.69) is 25.8 Å². The van der Waals surface area contributed by atoms with Crippen molar-refractivity contribution < 1.29 is 26.7 Å². The van der Waals surface area contributed by atoms with E-state index in [-0.39, 0.29) is 29.3 Å². The Kier molecular flexibility index (Phi) is 7.81. The van der Waals surface area contributed by atoms with Gasteiger partial charge in [-0.2, -0.15) is 23.5 Å². The average molecular weight is 508 g/mol. The van der Waals surface area contributed by atoms with Crippen LogP contribution in [0.2, 0.25) is 0 Å². The SMILES string of the molecule is C[C@@H]1CC(F)(F)CN(C(=O)c2cc(C#N)ccc2N/N=C\C=N)C1CNc1ncc(C(F)(F)F)cn1. The monoisotopic (exact) mass is 508 g/mol. The van der Waals surface area contributed by atoms with E-state index in [1.54, 1.807) is 0 Å². The molecule has 1 amide bonds. The highest BCUT2D eigenvalue weighted by Crippen LogP contribution is 2.36. The van der Waals surface area contributed by atoms with Crippen LogP contribution in [0.25, 0.3) is 0 Å². The number of halogens is 5. The van der Waals surface area contributed by atoms with Crippen LogP contribution in [0.4, 0.5) is 33.6 Å². The molecule has 3 N–H and O–H groups in total. The number of amides is 1. The molecule has 1 unspecified atom stereocenters. The maximum Gasteiger partial charge on any atom is 0.419 e. The summed E-state index contributed by atoms with van der Waals surface area (Å²) in [6, 6.07) is 5.13. The molecule has 3 rings (SSSR count). The number of nitrogens with zero attached hydrogens (tertiary/aromatic N) is 5. The molecule has 1 aromatic carbocycles. The van der Waals surface area contributed by atoms with Gasteiger partial charge in [-0.3, -0.25) is 10.2 Å². The number of piperidine rings is 1. The lowest BCUT2D eigenvalue weighted by molar-refractivity contribution is -0.138. The molecule has 9 nitrogen and oxygen atoms in total. The number of benzene rings is 1. The zero-order valence-electron chi connectivity index (χ0n) is 18.9. The Morgan fingerprint density at radius 3 is 2.67 bits per heavy atom. The van der Waals surface area contributed by atoms with Crippen molar-refractivity contribution in [2.45, 2.75) is 31.5 Å². The highest BCUT2D eigenvalue weighted by Gasteiger charge is 2.46. The molecule has 0 spiro atoms. The molecular formula is C22H21F5N8O. The fourth-order valence-electron chi connectivity index (χ4n) is 3.83. The minimum absolute atomic E-state index is 0.0862. The number of alkyl halides is 5. The Bertz CT molecular complexity index is 1180. The summed E-state index contributed by atoms with van der Waals surface area (Å²) in [6.07, 6.45) is -1.95. The molecule has 2 aromatic rings. The number of likely N-dealkylation sites (tertiary alicyclic amines) is 1. The summed E-state index contributed by atoms with van der Waals surface area (Å²) in [5.41, 5.74) is 1.68. The first kappa shape index (κ1) is 26.5. The molecule has 1 aliphatic rings. The van der Waals surface area contributed by atoms with Gasteiger partial charge < -0.3 is 15.6 Å². The van der Waals surface area contributed by atoms with Crippen molar-refractivity contribution in [3.05, 3.63) is 47.3 Å². The number of aromatic nitrogens is 2. The van der Waals surface area contributed by atoms with Gasteiger partial charge in [0.2, 0.25) is 5.95 Å². The minimum atomic E-state index is -4.61. The van der Waals surface area contributed by atoms with Gasteiger partial charge >= 0.3 is 6.18 Å². The van der Waals surface area contributed by atoms with Crippen molar-refractivity contribution in [1.29, 1.82) is 10.7 Å². The molecule has 1 saturated heterocycles. The molecule has 190 valence electrons. The average Bonchev–Trinajstić information content (AvgIpc) is 2.82. The van der Waals surface area contributed by atoms with E-state index >= 15 is 0 Å². The predicted molar refractivity (Wildman–Crippen MR) is 121 cm³/mol. The molecule has 2 heterocycles. The number of hydrazone groups is 1. The third-order valence-electron chi connectivity index (χ3n) is 5.50. The first-order valence-electron chi connectivity index (χ1n) is 10.6. The summed E-state index contributed by atoms with van der Waals surface area (Å²) in [7, 11) is 0.